The van der Waals surface area contributed by atoms with Crippen molar-refractivity contribution in [2.45, 2.75) is 24.2 Å². The van der Waals surface area contributed by atoms with Crippen molar-refractivity contribution in [2.75, 3.05) is 18.4 Å². The molecule has 2 aromatic heterocycles. The summed E-state index contributed by atoms with van der Waals surface area (Å²) in [5.74, 6) is -0.690. The SMILES string of the molecule is O=C(Nc1cccc(S(=O)(=O)N2CCCC2)c1)c1cnn2c(C(F)F)cc(-c3ccc(Cl)c(Cl)c3)nc12. The van der Waals surface area contributed by atoms with Crippen LogP contribution in [0.15, 0.2) is 59.6 Å². The van der Waals surface area contributed by atoms with E-state index in [-0.39, 0.29) is 32.5 Å². The van der Waals surface area contributed by atoms with Crippen LogP contribution in [0.2, 0.25) is 10.0 Å². The maximum Gasteiger partial charge on any atom is 0.280 e. The van der Waals surface area contributed by atoms with Gasteiger partial charge in [0.2, 0.25) is 10.0 Å². The molecule has 0 atom stereocenters. The van der Waals surface area contributed by atoms with Gasteiger partial charge in [0, 0.05) is 24.3 Å². The van der Waals surface area contributed by atoms with Gasteiger partial charge in [0.05, 0.1) is 26.8 Å². The zero-order chi connectivity index (χ0) is 26.3. The van der Waals surface area contributed by atoms with Crippen LogP contribution in [0.3, 0.4) is 0 Å². The van der Waals surface area contributed by atoms with Crippen LogP contribution in [0.5, 0.6) is 0 Å². The van der Waals surface area contributed by atoms with E-state index in [1.54, 1.807) is 6.07 Å². The number of benzene rings is 2. The molecule has 1 aliphatic rings. The second-order valence-corrected chi connectivity index (χ2v) is 11.1. The van der Waals surface area contributed by atoms with Crippen molar-refractivity contribution in [1.29, 1.82) is 0 Å². The average molecular weight is 566 g/mol. The molecule has 1 N–H and O–H groups in total. The maximum absolute atomic E-state index is 13.9. The second kappa shape index (κ2) is 9.97. The first kappa shape index (κ1) is 25.5. The number of fused-ring (bicyclic) bond motifs is 1. The molecule has 4 aromatic rings. The Morgan fingerprint density at radius 2 is 1.78 bits per heavy atom. The average Bonchev–Trinajstić information content (AvgIpc) is 3.56. The highest BCUT2D eigenvalue weighted by Crippen LogP contribution is 2.31. The van der Waals surface area contributed by atoms with Gasteiger partial charge in [-0.2, -0.15) is 9.40 Å². The van der Waals surface area contributed by atoms with Crippen LogP contribution >= 0.6 is 23.2 Å². The molecule has 1 aliphatic heterocycles. The Balaban J connectivity index is 1.51. The third-order valence-corrected chi connectivity index (χ3v) is 8.61. The number of carbonyl (C=O) groups is 1. The first-order valence-corrected chi connectivity index (χ1v) is 13.4. The Morgan fingerprint density at radius 1 is 1.03 bits per heavy atom. The summed E-state index contributed by atoms with van der Waals surface area (Å²) in [4.78, 5) is 17.6. The Hall–Kier alpha value is -3.12. The summed E-state index contributed by atoms with van der Waals surface area (Å²) < 4.78 is 55.9. The molecule has 5 rings (SSSR count). The molecule has 1 fully saturated rings. The molecular formula is C24H19Cl2F2N5O3S. The summed E-state index contributed by atoms with van der Waals surface area (Å²) in [7, 11) is -3.69. The van der Waals surface area contributed by atoms with E-state index in [0.717, 1.165) is 23.6 Å². The molecule has 0 unspecified atom stereocenters. The molecular weight excluding hydrogens is 547 g/mol. The van der Waals surface area contributed by atoms with E-state index < -0.39 is 28.0 Å². The van der Waals surface area contributed by atoms with Gasteiger partial charge in [-0.25, -0.2) is 26.7 Å². The van der Waals surface area contributed by atoms with Crippen molar-refractivity contribution in [3.05, 3.63) is 76.0 Å². The minimum Gasteiger partial charge on any atom is -0.322 e. The molecule has 2 aromatic carbocycles. The zero-order valence-corrected chi connectivity index (χ0v) is 21.4. The van der Waals surface area contributed by atoms with Crippen LogP contribution < -0.4 is 5.32 Å². The lowest BCUT2D eigenvalue weighted by molar-refractivity contribution is 0.102. The number of nitrogens with one attached hydrogen (secondary N) is 1. The van der Waals surface area contributed by atoms with Crippen molar-refractivity contribution in [2.24, 2.45) is 0 Å². The number of sulfonamides is 1. The van der Waals surface area contributed by atoms with Gasteiger partial charge in [0.25, 0.3) is 12.3 Å². The Bertz CT molecular complexity index is 1620. The number of halogens is 4. The number of nitrogens with zero attached hydrogens (tertiary/aromatic N) is 4. The molecule has 0 saturated carbocycles. The number of aromatic nitrogens is 3. The fourth-order valence-electron chi connectivity index (χ4n) is 4.12. The van der Waals surface area contributed by atoms with Crippen LogP contribution in [0.25, 0.3) is 16.9 Å². The van der Waals surface area contributed by atoms with Crippen molar-refractivity contribution < 1.29 is 22.0 Å². The molecule has 3 heterocycles. The van der Waals surface area contributed by atoms with Crippen LogP contribution in [0.1, 0.15) is 35.3 Å². The van der Waals surface area contributed by atoms with Gasteiger partial charge >= 0.3 is 0 Å². The van der Waals surface area contributed by atoms with E-state index >= 15 is 0 Å². The normalized spacial score (nSPS) is 14.5. The number of alkyl halides is 2. The lowest BCUT2D eigenvalue weighted by Gasteiger charge is -2.16. The Kier molecular flexibility index (Phi) is 6.88. The second-order valence-electron chi connectivity index (χ2n) is 8.38. The lowest BCUT2D eigenvalue weighted by Crippen LogP contribution is -2.27. The van der Waals surface area contributed by atoms with Crippen LogP contribution in [-0.2, 0) is 10.0 Å². The first-order chi connectivity index (χ1) is 17.6. The van der Waals surface area contributed by atoms with Gasteiger partial charge in [0.15, 0.2) is 5.65 Å². The minimum absolute atomic E-state index is 0.0482. The van der Waals surface area contributed by atoms with E-state index in [0.29, 0.717) is 23.7 Å². The smallest absolute Gasteiger partial charge is 0.280 e. The van der Waals surface area contributed by atoms with Crippen molar-refractivity contribution in [3.8, 4) is 11.3 Å². The standard InChI is InChI=1S/C24H19Cl2F2N5O3S/c25-18-7-6-14(10-19(18)26)20-12-21(22(27)28)33-23(31-20)17(13-29-33)24(34)30-15-4-3-5-16(11-15)37(35,36)32-8-1-2-9-32/h3-7,10-13,22H,1-2,8-9H2,(H,30,34). The van der Waals surface area contributed by atoms with Crippen molar-refractivity contribution in [3.63, 3.8) is 0 Å². The van der Waals surface area contributed by atoms with Gasteiger partial charge in [-0.15, -0.1) is 0 Å². The predicted molar refractivity (Wildman–Crippen MR) is 136 cm³/mol. The summed E-state index contributed by atoms with van der Waals surface area (Å²) in [6.45, 7) is 0.890. The third-order valence-electron chi connectivity index (χ3n) is 5.98. The highest BCUT2D eigenvalue weighted by Gasteiger charge is 2.28. The van der Waals surface area contributed by atoms with E-state index in [2.05, 4.69) is 15.4 Å². The largest absolute Gasteiger partial charge is 0.322 e. The molecule has 0 aliphatic carbocycles. The minimum atomic E-state index is -3.69. The summed E-state index contributed by atoms with van der Waals surface area (Å²) in [6, 6.07) is 11.6. The van der Waals surface area contributed by atoms with Crippen LogP contribution in [0.4, 0.5) is 14.5 Å². The molecule has 8 nitrogen and oxygen atoms in total. The van der Waals surface area contributed by atoms with Gasteiger partial charge in [0.1, 0.15) is 11.3 Å². The number of rotatable bonds is 6. The first-order valence-electron chi connectivity index (χ1n) is 11.2. The summed E-state index contributed by atoms with van der Waals surface area (Å²) in [5, 5.41) is 7.07. The van der Waals surface area contributed by atoms with Crippen LogP contribution in [0, 0.1) is 0 Å². The molecule has 1 saturated heterocycles. The number of hydrogen-bond acceptors (Lipinski definition) is 5. The van der Waals surface area contributed by atoms with Crippen molar-refractivity contribution >= 4 is 50.5 Å². The molecule has 0 bridgehead atoms. The quantitative estimate of drug-likeness (QED) is 0.324. The highest BCUT2D eigenvalue weighted by atomic mass is 35.5. The molecule has 13 heteroatoms. The summed E-state index contributed by atoms with van der Waals surface area (Å²) >= 11 is 12.1. The van der Waals surface area contributed by atoms with Gasteiger partial charge in [-0.3, -0.25) is 4.79 Å². The highest BCUT2D eigenvalue weighted by molar-refractivity contribution is 7.89. The summed E-state index contributed by atoms with van der Waals surface area (Å²) in [6.07, 6.45) is -0.187. The molecule has 37 heavy (non-hydrogen) atoms. The summed E-state index contributed by atoms with van der Waals surface area (Å²) in [5.41, 5.74) is 0.151. The van der Waals surface area contributed by atoms with Crippen molar-refractivity contribution in [1.82, 2.24) is 18.9 Å². The molecule has 0 spiro atoms. The topological polar surface area (TPSA) is 96.7 Å². The van der Waals surface area contributed by atoms with Gasteiger partial charge < -0.3 is 5.32 Å². The van der Waals surface area contributed by atoms with E-state index in [1.807, 2.05) is 0 Å². The molecule has 0 radical (unpaired) electrons. The maximum atomic E-state index is 13.9. The van der Waals surface area contributed by atoms with E-state index in [4.69, 9.17) is 23.2 Å². The predicted octanol–water partition coefficient (Wildman–Crippen LogP) is 5.68. The Labute approximate surface area is 220 Å². The fraction of sp³-hybridized carbons (Fsp3) is 0.208. The number of anilines is 1. The lowest BCUT2D eigenvalue weighted by atomic mass is 10.1. The Morgan fingerprint density at radius 3 is 2.49 bits per heavy atom. The molecule has 192 valence electrons. The third kappa shape index (κ3) is 4.91. The van der Waals surface area contributed by atoms with E-state index in [1.165, 1.54) is 46.8 Å². The molecule has 1 amide bonds. The zero-order valence-electron chi connectivity index (χ0n) is 19.0. The number of carbonyl (C=O) groups excluding carboxylic acids is 1. The fourth-order valence-corrected chi connectivity index (χ4v) is 5.98. The van der Waals surface area contributed by atoms with E-state index in [9.17, 15) is 22.0 Å². The van der Waals surface area contributed by atoms with Gasteiger partial charge in [-0.05, 0) is 49.2 Å². The van der Waals surface area contributed by atoms with Crippen LogP contribution in [-0.4, -0.2) is 46.3 Å². The number of amides is 1. The number of hydrogen-bond donors (Lipinski definition) is 1. The van der Waals surface area contributed by atoms with Gasteiger partial charge in [-0.1, -0.05) is 35.3 Å². The monoisotopic (exact) mass is 565 g/mol.